The minimum Gasteiger partial charge on any atom is -0.380 e. The number of nitrogens with one attached hydrogen (secondary N) is 2. The molecular weight excluding hydrogens is 366 g/mol. The SMILES string of the molecule is NC1COCCC1Nc1nc(C=Cc2ccc(F)cc2)c2c(c1F)CNC2=O. The molecule has 146 valence electrons. The Bertz CT molecular complexity index is 931. The first-order valence-corrected chi connectivity index (χ1v) is 9.07. The second-order valence-corrected chi connectivity index (χ2v) is 6.86. The molecule has 3 heterocycles. The number of rotatable bonds is 4. The third-order valence-electron chi connectivity index (χ3n) is 4.94. The average molecular weight is 386 g/mol. The normalized spacial score (nSPS) is 21.6. The van der Waals surface area contributed by atoms with Gasteiger partial charge in [0.1, 0.15) is 5.82 Å². The summed E-state index contributed by atoms with van der Waals surface area (Å²) in [6, 6.07) is 5.45. The highest BCUT2D eigenvalue weighted by molar-refractivity contribution is 6.02. The van der Waals surface area contributed by atoms with E-state index in [1.807, 2.05) is 0 Å². The van der Waals surface area contributed by atoms with Gasteiger partial charge in [0, 0.05) is 30.8 Å². The molecule has 1 fully saturated rings. The molecule has 2 aliphatic heterocycles. The number of nitrogens with two attached hydrogens (primary N) is 1. The van der Waals surface area contributed by atoms with Crippen LogP contribution in [0.4, 0.5) is 14.6 Å². The van der Waals surface area contributed by atoms with Crippen LogP contribution in [-0.4, -0.2) is 36.2 Å². The van der Waals surface area contributed by atoms with Gasteiger partial charge in [-0.1, -0.05) is 18.2 Å². The molecule has 1 saturated heterocycles. The molecule has 0 aliphatic carbocycles. The summed E-state index contributed by atoms with van der Waals surface area (Å²) >= 11 is 0. The van der Waals surface area contributed by atoms with Gasteiger partial charge < -0.3 is 21.1 Å². The number of pyridine rings is 1. The molecular formula is C20H20F2N4O2. The van der Waals surface area contributed by atoms with Crippen molar-refractivity contribution >= 4 is 23.9 Å². The van der Waals surface area contributed by atoms with Crippen molar-refractivity contribution in [2.24, 2.45) is 5.73 Å². The van der Waals surface area contributed by atoms with Crippen LogP contribution < -0.4 is 16.4 Å². The van der Waals surface area contributed by atoms with Crippen molar-refractivity contribution in [1.82, 2.24) is 10.3 Å². The lowest BCUT2D eigenvalue weighted by atomic mass is 10.0. The summed E-state index contributed by atoms with van der Waals surface area (Å²) in [6.07, 6.45) is 3.97. The number of benzene rings is 1. The van der Waals surface area contributed by atoms with Gasteiger partial charge in [0.05, 0.1) is 17.9 Å². The molecule has 6 nitrogen and oxygen atoms in total. The maximum absolute atomic E-state index is 15.0. The number of carbonyl (C=O) groups is 1. The van der Waals surface area contributed by atoms with Crippen LogP contribution in [0.15, 0.2) is 24.3 Å². The number of hydrogen-bond donors (Lipinski definition) is 3. The number of halogens is 2. The summed E-state index contributed by atoms with van der Waals surface area (Å²) < 4.78 is 33.4. The van der Waals surface area contributed by atoms with Crippen molar-refractivity contribution in [3.05, 3.63) is 58.3 Å². The molecule has 2 atom stereocenters. The maximum Gasteiger partial charge on any atom is 0.254 e. The fourth-order valence-electron chi connectivity index (χ4n) is 3.39. The number of hydrogen-bond acceptors (Lipinski definition) is 5. The van der Waals surface area contributed by atoms with Gasteiger partial charge in [0.2, 0.25) is 0 Å². The van der Waals surface area contributed by atoms with Crippen LogP contribution >= 0.6 is 0 Å². The van der Waals surface area contributed by atoms with Crippen LogP contribution in [0.1, 0.15) is 33.6 Å². The van der Waals surface area contributed by atoms with Gasteiger partial charge >= 0.3 is 0 Å². The molecule has 1 aromatic heterocycles. The van der Waals surface area contributed by atoms with E-state index in [0.717, 1.165) is 5.56 Å². The van der Waals surface area contributed by atoms with Crippen LogP contribution in [0.25, 0.3) is 12.2 Å². The molecule has 2 aliphatic rings. The number of carbonyl (C=O) groups excluding carboxylic acids is 1. The summed E-state index contributed by atoms with van der Waals surface area (Å²) in [5.74, 6) is -1.19. The summed E-state index contributed by atoms with van der Waals surface area (Å²) in [6.45, 7) is 1.03. The second kappa shape index (κ2) is 7.65. The highest BCUT2D eigenvalue weighted by atomic mass is 19.1. The van der Waals surface area contributed by atoms with E-state index in [9.17, 15) is 13.6 Å². The number of aromatic nitrogens is 1. The first kappa shape index (κ1) is 18.5. The Morgan fingerprint density at radius 2 is 2.04 bits per heavy atom. The van der Waals surface area contributed by atoms with Crippen molar-refractivity contribution in [1.29, 1.82) is 0 Å². The Morgan fingerprint density at radius 1 is 1.25 bits per heavy atom. The first-order chi connectivity index (χ1) is 13.5. The van der Waals surface area contributed by atoms with Crippen LogP contribution in [0.2, 0.25) is 0 Å². The Morgan fingerprint density at radius 3 is 2.79 bits per heavy atom. The van der Waals surface area contributed by atoms with Crippen LogP contribution in [0, 0.1) is 11.6 Å². The monoisotopic (exact) mass is 386 g/mol. The van der Waals surface area contributed by atoms with E-state index in [1.165, 1.54) is 12.1 Å². The Kier molecular flexibility index (Phi) is 5.06. The molecule has 0 bridgehead atoms. The molecule has 8 heteroatoms. The molecule has 0 saturated carbocycles. The summed E-state index contributed by atoms with van der Waals surface area (Å²) in [4.78, 5) is 16.5. The van der Waals surface area contributed by atoms with Crippen molar-refractivity contribution in [2.45, 2.75) is 25.0 Å². The molecule has 4 N–H and O–H groups in total. The highest BCUT2D eigenvalue weighted by Crippen LogP contribution is 2.29. The highest BCUT2D eigenvalue weighted by Gasteiger charge is 2.30. The zero-order valence-electron chi connectivity index (χ0n) is 15.0. The lowest BCUT2D eigenvalue weighted by Crippen LogP contribution is -2.48. The third kappa shape index (κ3) is 3.61. The van der Waals surface area contributed by atoms with E-state index in [0.29, 0.717) is 25.3 Å². The van der Waals surface area contributed by atoms with Gasteiger partial charge in [0.15, 0.2) is 11.6 Å². The third-order valence-corrected chi connectivity index (χ3v) is 4.94. The Labute approximate surface area is 160 Å². The molecule has 4 rings (SSSR count). The van der Waals surface area contributed by atoms with Gasteiger partial charge in [-0.2, -0.15) is 0 Å². The van der Waals surface area contributed by atoms with Crippen LogP contribution in [-0.2, 0) is 11.3 Å². The molecule has 0 radical (unpaired) electrons. The molecule has 1 amide bonds. The molecule has 2 aromatic rings. The van der Waals surface area contributed by atoms with E-state index < -0.39 is 5.82 Å². The molecule has 2 unspecified atom stereocenters. The van der Waals surface area contributed by atoms with E-state index in [4.69, 9.17) is 10.5 Å². The fourth-order valence-corrected chi connectivity index (χ4v) is 3.39. The smallest absolute Gasteiger partial charge is 0.254 e. The molecule has 1 aromatic carbocycles. The van der Waals surface area contributed by atoms with Crippen LogP contribution in [0.5, 0.6) is 0 Å². The topological polar surface area (TPSA) is 89.3 Å². The minimum atomic E-state index is -0.550. The zero-order chi connectivity index (χ0) is 19.7. The van der Waals surface area contributed by atoms with Gasteiger partial charge in [0.25, 0.3) is 5.91 Å². The number of amides is 1. The van der Waals surface area contributed by atoms with Crippen molar-refractivity contribution in [3.63, 3.8) is 0 Å². The van der Waals surface area contributed by atoms with Crippen LogP contribution in [0.3, 0.4) is 0 Å². The van der Waals surface area contributed by atoms with E-state index in [-0.39, 0.29) is 47.3 Å². The molecule has 28 heavy (non-hydrogen) atoms. The van der Waals surface area contributed by atoms with E-state index in [2.05, 4.69) is 15.6 Å². The summed E-state index contributed by atoms with van der Waals surface area (Å²) in [5.41, 5.74) is 7.63. The minimum absolute atomic E-state index is 0.0661. The van der Waals surface area contributed by atoms with Gasteiger partial charge in [-0.05, 0) is 30.2 Å². The lowest BCUT2D eigenvalue weighted by Gasteiger charge is -2.30. The maximum atomic E-state index is 15.0. The number of ether oxygens (including phenoxy) is 1. The van der Waals surface area contributed by atoms with Crippen molar-refractivity contribution in [3.8, 4) is 0 Å². The number of anilines is 1. The zero-order valence-corrected chi connectivity index (χ0v) is 15.0. The van der Waals surface area contributed by atoms with Crippen molar-refractivity contribution < 1.29 is 18.3 Å². The quantitative estimate of drug-likeness (QED) is 0.750. The fraction of sp³-hybridized carbons (Fsp3) is 0.300. The van der Waals surface area contributed by atoms with Gasteiger partial charge in [-0.3, -0.25) is 4.79 Å². The Balaban J connectivity index is 1.69. The summed E-state index contributed by atoms with van der Waals surface area (Å²) in [5, 5.41) is 5.71. The molecule has 0 spiro atoms. The van der Waals surface area contributed by atoms with Gasteiger partial charge in [-0.15, -0.1) is 0 Å². The van der Waals surface area contributed by atoms with Gasteiger partial charge in [-0.25, -0.2) is 13.8 Å². The lowest BCUT2D eigenvalue weighted by molar-refractivity contribution is 0.0751. The second-order valence-electron chi connectivity index (χ2n) is 6.86. The number of nitrogens with zero attached hydrogens (tertiary/aromatic N) is 1. The van der Waals surface area contributed by atoms with E-state index in [1.54, 1.807) is 24.3 Å². The number of fused-ring (bicyclic) bond motifs is 1. The average Bonchev–Trinajstić information content (AvgIpc) is 3.08. The van der Waals surface area contributed by atoms with E-state index >= 15 is 0 Å². The largest absolute Gasteiger partial charge is 0.380 e. The standard InChI is InChI=1S/C20H20F2N4O2/c21-12-4-1-11(2-5-12)3-6-16-17-13(9-24-20(17)27)18(22)19(26-16)25-15-7-8-28-10-14(15)23/h1-6,14-15H,7-10,23H2,(H,24,27)(H,25,26). The first-order valence-electron chi connectivity index (χ1n) is 9.07. The predicted octanol–water partition coefficient (Wildman–Crippen LogP) is 2.30. The van der Waals surface area contributed by atoms with Crippen molar-refractivity contribution in [2.75, 3.05) is 18.5 Å². The summed E-state index contributed by atoms with van der Waals surface area (Å²) in [7, 11) is 0. The Hall–Kier alpha value is -2.84. The predicted molar refractivity (Wildman–Crippen MR) is 102 cm³/mol.